The summed E-state index contributed by atoms with van der Waals surface area (Å²) in [4.78, 5) is 109. The number of aromatic amines is 1. The van der Waals surface area contributed by atoms with Gasteiger partial charge < -0.3 is 53.7 Å². The van der Waals surface area contributed by atoms with Gasteiger partial charge in [-0.3, -0.25) is 24.0 Å². The number of esters is 1. The summed E-state index contributed by atoms with van der Waals surface area (Å²) in [6.45, 7) is 18.9. The van der Waals surface area contributed by atoms with Gasteiger partial charge in [0, 0.05) is 80.1 Å². The van der Waals surface area contributed by atoms with Gasteiger partial charge in [-0.05, 0) is 93.5 Å². The van der Waals surface area contributed by atoms with Crippen molar-refractivity contribution in [3.63, 3.8) is 0 Å². The summed E-state index contributed by atoms with van der Waals surface area (Å²) in [5.41, 5.74) is 10.4. The minimum atomic E-state index is -1.85. The van der Waals surface area contributed by atoms with Crippen LogP contribution in [0.2, 0.25) is 33.9 Å². The normalized spacial score (nSPS) is 12.8. The van der Waals surface area contributed by atoms with Crippen LogP contribution in [0.3, 0.4) is 0 Å². The summed E-state index contributed by atoms with van der Waals surface area (Å²) in [7, 11) is 7.42. The number of methoxy groups -OCH3 is 5. The van der Waals surface area contributed by atoms with Gasteiger partial charge in [0.2, 0.25) is 29.1 Å². The van der Waals surface area contributed by atoms with E-state index in [2.05, 4.69) is 82.1 Å². The molecule has 0 saturated heterocycles. The molecule has 582 valence electrons. The maximum atomic E-state index is 12.1. The molecule has 11 rings (SSSR count). The summed E-state index contributed by atoms with van der Waals surface area (Å²) in [5, 5.41) is 0.505. The fraction of sp³-hybridized carbons (Fsp3) is 0.474. The fourth-order valence-electron chi connectivity index (χ4n) is 9.54. The number of pyridine rings is 6. The Balaban J connectivity index is -0.00000113. The molecule has 29 heteroatoms. The average molecular weight is 1650 g/mol. The Kier molecular flexibility index (Phi) is 53.5. The van der Waals surface area contributed by atoms with Crippen LogP contribution >= 0.6 is 46.4 Å². The van der Waals surface area contributed by atoms with Gasteiger partial charge >= 0.3 is 114 Å². The van der Waals surface area contributed by atoms with Crippen molar-refractivity contribution in [3.05, 3.63) is 160 Å². The van der Waals surface area contributed by atoms with E-state index in [4.69, 9.17) is 80.7 Å². The number of fused-ring (bicyclic) bond motifs is 2. The number of halogens is 4. The number of rotatable bonds is 22. The minimum Gasteiger partial charge on any atom is -0.481 e. The third-order valence-corrected chi connectivity index (χ3v) is 30.6. The first-order chi connectivity index (χ1) is 48.1. The van der Waals surface area contributed by atoms with Gasteiger partial charge in [-0.1, -0.05) is 96.2 Å². The molecule has 0 bridgehead atoms. The largest absolute Gasteiger partial charge is 0.481 e. The number of carbonyl (C=O) groups excluding carboxylic acids is 7. The summed E-state index contributed by atoms with van der Waals surface area (Å²) in [6, 6.07) is 21.0. The van der Waals surface area contributed by atoms with Crippen molar-refractivity contribution < 1.29 is 66.7 Å². The molecular formula is C76H111Cl4N9O15Sn. The number of H-pyrrole nitrogens is 1. The second-order valence-electron chi connectivity index (χ2n) is 22.8. The number of nitrogens with zero attached hydrogens (tertiary/aromatic N) is 7. The molecule has 3 N–H and O–H groups in total. The SMILES string of the molecule is C.C.C.C.C.C=Cc1nc(OC)ccc1C.C=[CH][Sn]([CH2]CCC)([CH2]CCC)[CH2]CCC.COC(=O)c1ccc(OC)nc1Cl.COc1ccc(OC=O)c(Cl)n1.COc1ccc2c(n1)CCN(C1CC1)C2=O.NC1CC1.O=C1c2ccc(=O)[nH]c2CCN1C1CC1.O=C=O.O=COc1ccc(Cl)nc1Cl. The maximum absolute atomic E-state index is 12.1. The van der Waals surface area contributed by atoms with Crippen LogP contribution in [0.5, 0.6) is 35.0 Å². The molecule has 105 heavy (non-hydrogen) atoms. The van der Waals surface area contributed by atoms with E-state index in [9.17, 15) is 28.8 Å². The Labute approximate surface area is 645 Å². The van der Waals surface area contributed by atoms with Gasteiger partial charge in [-0.25, -0.2) is 24.7 Å². The van der Waals surface area contributed by atoms with Gasteiger partial charge in [0.15, 0.2) is 21.8 Å². The molecule has 6 aromatic rings. The molecular weight excluding hydrogens is 1540 g/mol. The van der Waals surface area contributed by atoms with E-state index in [1.54, 1.807) is 51.8 Å². The summed E-state index contributed by atoms with van der Waals surface area (Å²) >= 11 is 20.5. The van der Waals surface area contributed by atoms with Crippen LogP contribution in [-0.2, 0) is 36.8 Å². The van der Waals surface area contributed by atoms with Crippen molar-refractivity contribution >= 4 is 108 Å². The first-order valence-corrected chi connectivity index (χ1v) is 41.7. The predicted molar refractivity (Wildman–Crippen MR) is 421 cm³/mol. The Bertz CT molecular complexity index is 3670. The van der Waals surface area contributed by atoms with Crippen LogP contribution in [0.15, 0.2) is 94.8 Å². The van der Waals surface area contributed by atoms with E-state index in [1.165, 1.54) is 109 Å². The van der Waals surface area contributed by atoms with Crippen LogP contribution in [0.1, 0.15) is 189 Å². The topological polar surface area (TPSA) is 314 Å². The van der Waals surface area contributed by atoms with Crippen LogP contribution in [0.4, 0.5) is 0 Å². The molecule has 24 nitrogen and oxygen atoms in total. The number of hydrogen-bond acceptors (Lipinski definition) is 21. The summed E-state index contributed by atoms with van der Waals surface area (Å²) in [6.07, 6.45) is 19.1. The third kappa shape index (κ3) is 36.3. The van der Waals surface area contributed by atoms with Gasteiger partial charge in [0.05, 0.1) is 63.6 Å². The minimum absolute atomic E-state index is 0. The van der Waals surface area contributed by atoms with Crippen molar-refractivity contribution in [2.24, 2.45) is 5.73 Å². The molecule has 0 unspecified atom stereocenters. The van der Waals surface area contributed by atoms with Crippen LogP contribution in [0.25, 0.3) is 6.08 Å². The monoisotopic (exact) mass is 1650 g/mol. The molecule has 8 heterocycles. The summed E-state index contributed by atoms with van der Waals surface area (Å²) < 4.78 is 40.2. The molecule has 3 fully saturated rings. The number of carbonyl (C=O) groups is 5. The van der Waals surface area contributed by atoms with Gasteiger partial charge in [-0.2, -0.15) is 14.6 Å². The molecule has 0 aromatic carbocycles. The zero-order chi connectivity index (χ0) is 74.2. The van der Waals surface area contributed by atoms with E-state index in [-0.39, 0.29) is 111 Å². The molecule has 6 aromatic heterocycles. The van der Waals surface area contributed by atoms with Crippen molar-refractivity contribution in [3.8, 4) is 35.0 Å². The molecule has 0 atom stereocenters. The van der Waals surface area contributed by atoms with Crippen molar-refractivity contribution in [1.82, 2.24) is 39.7 Å². The molecule has 3 saturated carbocycles. The number of nitrogens with two attached hydrogens (primary N) is 1. The first-order valence-electron chi connectivity index (χ1n) is 32.5. The number of aromatic nitrogens is 6. The predicted octanol–water partition coefficient (Wildman–Crippen LogP) is 16.8. The second-order valence-corrected chi connectivity index (χ2v) is 37.4. The fourth-order valence-corrected chi connectivity index (χ4v) is 23.3. The van der Waals surface area contributed by atoms with E-state index in [0.717, 1.165) is 79.8 Å². The van der Waals surface area contributed by atoms with Crippen LogP contribution in [-0.4, -0.2) is 162 Å². The van der Waals surface area contributed by atoms with E-state index >= 15 is 0 Å². The van der Waals surface area contributed by atoms with Crippen molar-refractivity contribution in [2.45, 2.75) is 186 Å². The Morgan fingerprint density at radius 1 is 0.590 bits per heavy atom. The Hall–Kier alpha value is -7.97. The maximum Gasteiger partial charge on any atom is 0.373 e. The number of aryl methyl sites for hydroxylation is 1. The molecule has 0 spiro atoms. The Morgan fingerprint density at radius 3 is 1.43 bits per heavy atom. The van der Waals surface area contributed by atoms with Gasteiger partial charge in [0.1, 0.15) is 10.3 Å². The molecule has 5 aliphatic rings. The number of ether oxygens (including phenoxy) is 7. The number of unbranched alkanes of at least 4 members (excludes halogenated alkanes) is 3. The third-order valence-electron chi connectivity index (χ3n) is 15.5. The molecule has 3 aliphatic carbocycles. The second kappa shape index (κ2) is 55.5. The van der Waals surface area contributed by atoms with Crippen molar-refractivity contribution in [2.75, 3.05) is 48.6 Å². The molecule has 0 radical (unpaired) electrons. The number of nitrogens with one attached hydrogen (secondary N) is 1. The van der Waals surface area contributed by atoms with Gasteiger partial charge in [0.25, 0.3) is 24.8 Å². The quantitative estimate of drug-likeness (QED) is 0.0276. The van der Waals surface area contributed by atoms with Gasteiger partial charge in [-0.15, -0.1) is 0 Å². The van der Waals surface area contributed by atoms with Crippen LogP contribution < -0.4 is 39.7 Å². The summed E-state index contributed by atoms with van der Waals surface area (Å²) in [5.74, 6) is 2.07. The first kappa shape index (κ1) is 101. The Morgan fingerprint density at radius 2 is 1.01 bits per heavy atom. The van der Waals surface area contributed by atoms with E-state index in [1.807, 2.05) is 34.9 Å². The standard InChI is InChI=1S/C12H14N2O2.C11H12N2O2.C9H11NO.C8H8ClNO3.C7H6ClNO3.C6H3Cl2NO2.3C4H9.C3H7N.C2H3.CO2.5CH4.Sn/c1-16-11-5-4-9-10(13-11)6-7-14(12(9)15)8-2-3-8;14-10-4-3-8-9(12-10)5-6-13(11(8)15)7-1-2-7;1-4-8-7(2)5-6-9(10-8)11-3;1-12-6-4-3-5(7(9)10-6)8(11)13-2;1-11-6-3-2-5(12-4-10)7(8)9-6;7-5-2-1-4(11-3-10)6(8)9-5;3*1-3-4-2;4-3-1-2-3;1-2;2-1-3;;;;;;/h4-5,8H,2-3,6-7H2,1H3;3-4,7H,1-2,5-6H2,(H,12,14);4-6H,1H2,2-3H3;3-4H,1-2H3;2-4H,1H3;1-3H;3*1,3-4H2,2H3;3H,1-2,4H2;1H,2H2;;5*1H4;. The molecule has 2 amide bonds. The zero-order valence-corrected chi connectivity index (χ0v) is 64.0. The van der Waals surface area contributed by atoms with E-state index < -0.39 is 24.3 Å². The molecule has 2 aliphatic heterocycles. The van der Waals surface area contributed by atoms with E-state index in [0.29, 0.717) is 47.2 Å². The van der Waals surface area contributed by atoms with Crippen molar-refractivity contribution in [1.29, 1.82) is 0 Å². The zero-order valence-electron chi connectivity index (χ0n) is 58.2. The number of amides is 2. The smallest absolute Gasteiger partial charge is 0.373 e. The average Bonchev–Trinajstić information content (AvgIpc) is 1.77. The number of hydrogen-bond donors (Lipinski definition) is 2. The van der Waals surface area contributed by atoms with Crippen LogP contribution in [0, 0.1) is 6.92 Å².